The summed E-state index contributed by atoms with van der Waals surface area (Å²) in [4.78, 5) is 4.11. The molecule has 2 aromatic heterocycles. The largest absolute Gasteiger partial charge is 0.344 e. The van der Waals surface area contributed by atoms with Gasteiger partial charge >= 0.3 is 0 Å². The Bertz CT molecular complexity index is 769. The Labute approximate surface area is 112 Å². The molecule has 2 radical (unpaired) electrons. The molecule has 3 rings (SSSR count). The Balaban J connectivity index is 2.08. The quantitative estimate of drug-likeness (QED) is 0.643. The van der Waals surface area contributed by atoms with E-state index >= 15 is 0 Å². The lowest BCUT2D eigenvalue weighted by atomic mass is 9.95. The van der Waals surface area contributed by atoms with Crippen LogP contribution in [0.25, 0.3) is 10.9 Å². The van der Waals surface area contributed by atoms with Crippen LogP contribution in [0.3, 0.4) is 0 Å². The zero-order valence-corrected chi connectivity index (χ0v) is 10.2. The molecule has 0 N–H and O–H groups in total. The molecule has 0 atom stereocenters. The van der Waals surface area contributed by atoms with Crippen molar-refractivity contribution in [1.29, 1.82) is 5.26 Å². The predicted octanol–water partition coefficient (Wildman–Crippen LogP) is 1.75. The van der Waals surface area contributed by atoms with E-state index in [1.165, 1.54) is 0 Å². The third kappa shape index (κ3) is 2.11. The van der Waals surface area contributed by atoms with E-state index in [1.807, 2.05) is 42.7 Å². The number of benzene rings is 1. The molecule has 1 aromatic carbocycles. The molecule has 0 bridgehead atoms. The van der Waals surface area contributed by atoms with Gasteiger partial charge in [-0.25, -0.2) is 0 Å². The van der Waals surface area contributed by atoms with Crippen LogP contribution in [0.5, 0.6) is 0 Å². The summed E-state index contributed by atoms with van der Waals surface area (Å²) in [6, 6.07) is 11.6. The SMILES string of the molecule is [B]c1cn(Cc2cccnc2)c2ccc(C#N)cc12. The van der Waals surface area contributed by atoms with Crippen LogP contribution in [0.1, 0.15) is 11.1 Å². The van der Waals surface area contributed by atoms with E-state index in [4.69, 9.17) is 13.1 Å². The Morgan fingerprint density at radius 3 is 2.95 bits per heavy atom. The minimum absolute atomic E-state index is 0.623. The first-order chi connectivity index (χ1) is 9.28. The molecule has 19 heavy (non-hydrogen) atoms. The van der Waals surface area contributed by atoms with Gasteiger partial charge in [0.25, 0.3) is 0 Å². The van der Waals surface area contributed by atoms with Crippen LogP contribution in [-0.2, 0) is 6.54 Å². The number of nitrogens with zero attached hydrogens (tertiary/aromatic N) is 3. The highest BCUT2D eigenvalue weighted by Gasteiger charge is 2.06. The van der Waals surface area contributed by atoms with Crippen LogP contribution in [0.2, 0.25) is 0 Å². The van der Waals surface area contributed by atoms with Gasteiger partial charge in [-0.15, -0.1) is 0 Å². The summed E-state index contributed by atoms with van der Waals surface area (Å²) in [7, 11) is 6.01. The number of nitriles is 1. The van der Waals surface area contributed by atoms with Crippen molar-refractivity contribution < 1.29 is 0 Å². The summed E-state index contributed by atoms with van der Waals surface area (Å²) in [5.74, 6) is 0. The molecule has 0 aliphatic rings. The molecular formula is C15H10BN3. The molecule has 3 nitrogen and oxygen atoms in total. The maximum atomic E-state index is 8.92. The third-order valence-electron chi connectivity index (χ3n) is 3.12. The van der Waals surface area contributed by atoms with E-state index in [0.29, 0.717) is 17.6 Å². The molecular weight excluding hydrogens is 233 g/mol. The molecule has 88 valence electrons. The second-order valence-electron chi connectivity index (χ2n) is 4.42. The van der Waals surface area contributed by atoms with E-state index in [2.05, 4.69) is 15.6 Å². The topological polar surface area (TPSA) is 41.6 Å². The summed E-state index contributed by atoms with van der Waals surface area (Å²) in [5, 5.41) is 9.84. The fraction of sp³-hybridized carbons (Fsp3) is 0.0667. The highest BCUT2D eigenvalue weighted by Crippen LogP contribution is 2.16. The fourth-order valence-electron chi connectivity index (χ4n) is 2.21. The van der Waals surface area contributed by atoms with Gasteiger partial charge in [0.05, 0.1) is 11.6 Å². The van der Waals surface area contributed by atoms with E-state index in [-0.39, 0.29) is 0 Å². The van der Waals surface area contributed by atoms with E-state index in [1.54, 1.807) is 6.20 Å². The summed E-state index contributed by atoms with van der Waals surface area (Å²) in [6.07, 6.45) is 5.50. The lowest BCUT2D eigenvalue weighted by Crippen LogP contribution is -2.01. The average Bonchev–Trinajstić information content (AvgIpc) is 2.76. The fourth-order valence-corrected chi connectivity index (χ4v) is 2.21. The van der Waals surface area contributed by atoms with Crippen LogP contribution < -0.4 is 5.46 Å². The minimum Gasteiger partial charge on any atom is -0.344 e. The number of rotatable bonds is 2. The van der Waals surface area contributed by atoms with Crippen LogP contribution in [0.4, 0.5) is 0 Å². The first kappa shape index (κ1) is 11.5. The third-order valence-corrected chi connectivity index (χ3v) is 3.12. The van der Waals surface area contributed by atoms with Gasteiger partial charge in [0.15, 0.2) is 0 Å². The second kappa shape index (κ2) is 4.62. The molecule has 0 unspecified atom stereocenters. The van der Waals surface area contributed by atoms with Crippen LogP contribution in [0, 0.1) is 11.3 Å². The van der Waals surface area contributed by atoms with Crippen LogP contribution in [-0.4, -0.2) is 17.4 Å². The molecule has 0 spiro atoms. The Kier molecular flexibility index (Phi) is 2.81. The van der Waals surface area contributed by atoms with Crippen molar-refractivity contribution in [3.63, 3.8) is 0 Å². The Morgan fingerprint density at radius 2 is 2.21 bits per heavy atom. The van der Waals surface area contributed by atoms with Gasteiger partial charge in [0.2, 0.25) is 0 Å². The molecule has 0 saturated carbocycles. The Hall–Kier alpha value is -2.54. The van der Waals surface area contributed by atoms with Crippen molar-refractivity contribution in [3.05, 3.63) is 60.0 Å². The lowest BCUT2D eigenvalue weighted by molar-refractivity contribution is 0.833. The zero-order valence-electron chi connectivity index (χ0n) is 10.2. The molecule has 0 amide bonds. The number of aromatic nitrogens is 2. The molecule has 0 fully saturated rings. The van der Waals surface area contributed by atoms with Crippen molar-refractivity contribution >= 4 is 24.2 Å². The van der Waals surface area contributed by atoms with Gasteiger partial charge in [0.1, 0.15) is 7.85 Å². The van der Waals surface area contributed by atoms with Gasteiger partial charge < -0.3 is 4.57 Å². The van der Waals surface area contributed by atoms with E-state index in [9.17, 15) is 0 Å². The van der Waals surface area contributed by atoms with E-state index < -0.39 is 0 Å². The number of fused-ring (bicyclic) bond motifs is 1. The monoisotopic (exact) mass is 243 g/mol. The van der Waals surface area contributed by atoms with Gasteiger partial charge in [-0.3, -0.25) is 4.98 Å². The standard InChI is InChI=1S/C15H10BN3/c16-14-10-19(9-12-2-1-5-18-8-12)15-4-3-11(7-17)6-13(14)15/h1-6,8,10H,9H2. The molecule has 3 aromatic rings. The second-order valence-corrected chi connectivity index (χ2v) is 4.42. The summed E-state index contributed by atoms with van der Waals surface area (Å²) >= 11 is 0. The minimum atomic E-state index is 0.623. The summed E-state index contributed by atoms with van der Waals surface area (Å²) in [6.45, 7) is 0.716. The molecule has 0 aliphatic carbocycles. The van der Waals surface area contributed by atoms with E-state index in [0.717, 1.165) is 16.5 Å². The zero-order chi connectivity index (χ0) is 13.2. The first-order valence-electron chi connectivity index (χ1n) is 5.95. The van der Waals surface area contributed by atoms with Crippen LogP contribution in [0.15, 0.2) is 48.9 Å². The predicted molar refractivity (Wildman–Crippen MR) is 75.4 cm³/mol. The number of hydrogen-bond donors (Lipinski definition) is 0. The average molecular weight is 243 g/mol. The maximum Gasteiger partial charge on any atom is 0.116 e. The normalized spacial score (nSPS) is 10.5. The number of hydrogen-bond acceptors (Lipinski definition) is 2. The smallest absolute Gasteiger partial charge is 0.116 e. The van der Waals surface area contributed by atoms with Gasteiger partial charge in [0, 0.05) is 24.5 Å². The van der Waals surface area contributed by atoms with Gasteiger partial charge in [-0.05, 0) is 41.4 Å². The number of pyridine rings is 1. The first-order valence-corrected chi connectivity index (χ1v) is 5.95. The maximum absolute atomic E-state index is 8.92. The highest BCUT2D eigenvalue weighted by atomic mass is 15.0. The molecule has 4 heteroatoms. The molecule has 0 saturated heterocycles. The van der Waals surface area contributed by atoms with Crippen molar-refractivity contribution in [2.24, 2.45) is 0 Å². The summed E-state index contributed by atoms with van der Waals surface area (Å²) < 4.78 is 2.07. The van der Waals surface area contributed by atoms with Crippen molar-refractivity contribution in [2.75, 3.05) is 0 Å². The summed E-state index contributed by atoms with van der Waals surface area (Å²) in [5.41, 5.74) is 3.46. The Morgan fingerprint density at radius 1 is 1.32 bits per heavy atom. The highest BCUT2D eigenvalue weighted by molar-refractivity contribution is 6.38. The van der Waals surface area contributed by atoms with Crippen molar-refractivity contribution in [3.8, 4) is 6.07 Å². The van der Waals surface area contributed by atoms with Crippen LogP contribution >= 0.6 is 0 Å². The van der Waals surface area contributed by atoms with Crippen molar-refractivity contribution in [2.45, 2.75) is 6.54 Å². The van der Waals surface area contributed by atoms with Crippen molar-refractivity contribution in [1.82, 2.24) is 9.55 Å². The molecule has 2 heterocycles. The van der Waals surface area contributed by atoms with Gasteiger partial charge in [-0.2, -0.15) is 5.26 Å². The van der Waals surface area contributed by atoms with Gasteiger partial charge in [-0.1, -0.05) is 11.5 Å². The lowest BCUT2D eigenvalue weighted by Gasteiger charge is -2.05. The molecule has 0 aliphatic heterocycles.